The van der Waals surface area contributed by atoms with E-state index < -0.39 is 0 Å². The van der Waals surface area contributed by atoms with Crippen LogP contribution in [0.1, 0.15) is 49.4 Å². The van der Waals surface area contributed by atoms with Crippen molar-refractivity contribution in [2.24, 2.45) is 5.10 Å². The van der Waals surface area contributed by atoms with Crippen LogP contribution in [0.3, 0.4) is 0 Å². The van der Waals surface area contributed by atoms with Crippen LogP contribution >= 0.6 is 0 Å². The molecule has 6 heteroatoms. The number of aromatic amines is 1. The summed E-state index contributed by atoms with van der Waals surface area (Å²) in [5.74, 6) is 0.432. The number of rotatable bonds is 4. The summed E-state index contributed by atoms with van der Waals surface area (Å²) in [4.78, 5) is 12.1. The number of ether oxygens (including phenoxy) is 1. The van der Waals surface area contributed by atoms with E-state index in [2.05, 4.69) is 20.7 Å². The number of amides is 1. The Morgan fingerprint density at radius 2 is 1.91 bits per heavy atom. The molecule has 0 unspecified atom stereocenters. The molecule has 1 aromatic carbocycles. The molecule has 2 N–H and O–H groups in total. The number of nitrogens with one attached hydrogen (secondary N) is 2. The Kier molecular flexibility index (Phi) is 4.83. The predicted molar refractivity (Wildman–Crippen MR) is 90.0 cm³/mol. The number of nitrogens with zero attached hydrogens (tertiary/aromatic N) is 2. The van der Waals surface area contributed by atoms with Crippen molar-refractivity contribution >= 4 is 11.6 Å². The molecule has 1 heterocycles. The number of hydrogen-bond donors (Lipinski definition) is 2. The second kappa shape index (κ2) is 6.64. The second-order valence-corrected chi connectivity index (χ2v) is 6.28. The summed E-state index contributed by atoms with van der Waals surface area (Å²) in [6, 6.07) is 9.21. The van der Waals surface area contributed by atoms with E-state index in [9.17, 15) is 4.79 Å². The average Bonchev–Trinajstić information content (AvgIpc) is 3.02. The van der Waals surface area contributed by atoms with Crippen LogP contribution in [-0.2, 0) is 5.41 Å². The third-order valence-electron chi connectivity index (χ3n) is 3.45. The van der Waals surface area contributed by atoms with Gasteiger partial charge in [-0.3, -0.25) is 9.89 Å². The lowest BCUT2D eigenvalue weighted by atomic mass is 9.92. The van der Waals surface area contributed by atoms with Crippen LogP contribution < -0.4 is 10.2 Å². The number of benzene rings is 1. The van der Waals surface area contributed by atoms with Crippen LogP contribution in [0, 0.1) is 0 Å². The van der Waals surface area contributed by atoms with Gasteiger partial charge in [-0.2, -0.15) is 10.2 Å². The quantitative estimate of drug-likeness (QED) is 0.672. The van der Waals surface area contributed by atoms with E-state index in [1.807, 2.05) is 52.0 Å². The van der Waals surface area contributed by atoms with Crippen LogP contribution in [0.5, 0.6) is 5.75 Å². The Hall–Kier alpha value is -2.63. The molecule has 2 aromatic rings. The molecule has 0 aliphatic rings. The Labute approximate surface area is 135 Å². The predicted octanol–water partition coefficient (Wildman–Crippen LogP) is 2.87. The fourth-order valence-electron chi connectivity index (χ4n) is 1.91. The van der Waals surface area contributed by atoms with Crippen molar-refractivity contribution in [1.29, 1.82) is 0 Å². The zero-order chi connectivity index (χ0) is 17.0. The molecule has 0 bridgehead atoms. The van der Waals surface area contributed by atoms with Gasteiger partial charge >= 0.3 is 0 Å². The fourth-order valence-corrected chi connectivity index (χ4v) is 1.91. The molecule has 0 aliphatic carbocycles. The second-order valence-electron chi connectivity index (χ2n) is 6.28. The van der Waals surface area contributed by atoms with E-state index >= 15 is 0 Å². The SMILES string of the molecule is COc1ccc(C(C)=NNC(=O)c2cc(C(C)(C)C)[nH]n2)cc1. The van der Waals surface area contributed by atoms with E-state index in [4.69, 9.17) is 4.74 Å². The van der Waals surface area contributed by atoms with Gasteiger partial charge in [0.05, 0.1) is 12.8 Å². The standard InChI is InChI=1S/C17H22N4O2/c1-11(12-6-8-13(23-5)9-7-12)18-21-16(22)14-10-15(20-19-14)17(2,3)4/h6-10H,1-5H3,(H,19,20)(H,21,22). The van der Waals surface area contributed by atoms with Gasteiger partial charge < -0.3 is 4.74 Å². The van der Waals surface area contributed by atoms with Crippen molar-refractivity contribution in [3.05, 3.63) is 47.3 Å². The molecule has 0 saturated heterocycles. The summed E-state index contributed by atoms with van der Waals surface area (Å²) in [5.41, 5.74) is 5.27. The van der Waals surface area contributed by atoms with Crippen LogP contribution in [0.2, 0.25) is 0 Å². The molecule has 1 aromatic heterocycles. The van der Waals surface area contributed by atoms with Crippen LogP contribution in [0.15, 0.2) is 35.4 Å². The summed E-state index contributed by atoms with van der Waals surface area (Å²) >= 11 is 0. The summed E-state index contributed by atoms with van der Waals surface area (Å²) in [7, 11) is 1.62. The molecule has 0 radical (unpaired) electrons. The summed E-state index contributed by atoms with van der Waals surface area (Å²) in [5, 5.41) is 11.0. The molecule has 0 spiro atoms. The highest BCUT2D eigenvalue weighted by Crippen LogP contribution is 2.20. The zero-order valence-electron chi connectivity index (χ0n) is 14.1. The number of hydrogen-bond acceptors (Lipinski definition) is 4. The Morgan fingerprint density at radius 3 is 2.43 bits per heavy atom. The fraction of sp³-hybridized carbons (Fsp3) is 0.353. The van der Waals surface area contributed by atoms with Gasteiger partial charge in [-0.25, -0.2) is 5.43 Å². The van der Waals surface area contributed by atoms with Gasteiger partial charge in [-0.1, -0.05) is 20.8 Å². The average molecular weight is 314 g/mol. The molecule has 0 aliphatic heterocycles. The smallest absolute Gasteiger partial charge is 0.291 e. The highest BCUT2D eigenvalue weighted by atomic mass is 16.5. The third kappa shape index (κ3) is 4.18. The van der Waals surface area contributed by atoms with Gasteiger partial charge in [0.1, 0.15) is 5.75 Å². The number of aromatic nitrogens is 2. The molecule has 0 saturated carbocycles. The minimum atomic E-state index is -0.343. The number of hydrazone groups is 1. The monoisotopic (exact) mass is 314 g/mol. The van der Waals surface area contributed by atoms with Crippen molar-refractivity contribution in [3.63, 3.8) is 0 Å². The summed E-state index contributed by atoms with van der Waals surface area (Å²) in [6.07, 6.45) is 0. The van der Waals surface area contributed by atoms with Gasteiger partial charge in [-0.05, 0) is 42.8 Å². The maximum atomic E-state index is 12.1. The Morgan fingerprint density at radius 1 is 1.26 bits per heavy atom. The van der Waals surface area contributed by atoms with Crippen LogP contribution in [-0.4, -0.2) is 28.9 Å². The minimum Gasteiger partial charge on any atom is -0.497 e. The first kappa shape index (κ1) is 16.7. The van der Waals surface area contributed by atoms with Gasteiger partial charge in [0, 0.05) is 11.1 Å². The van der Waals surface area contributed by atoms with E-state index in [-0.39, 0.29) is 11.3 Å². The molecule has 0 fully saturated rings. The van der Waals surface area contributed by atoms with E-state index in [0.29, 0.717) is 11.4 Å². The lowest BCUT2D eigenvalue weighted by Crippen LogP contribution is -2.19. The van der Waals surface area contributed by atoms with Gasteiger partial charge in [0.15, 0.2) is 5.69 Å². The molecular formula is C17H22N4O2. The number of H-pyrrole nitrogens is 1. The molecular weight excluding hydrogens is 292 g/mol. The first-order valence-electron chi connectivity index (χ1n) is 7.36. The van der Waals surface area contributed by atoms with Gasteiger partial charge in [0.25, 0.3) is 5.91 Å². The first-order chi connectivity index (χ1) is 10.8. The lowest BCUT2D eigenvalue weighted by Gasteiger charge is -2.14. The van der Waals surface area contributed by atoms with E-state index in [0.717, 1.165) is 17.0 Å². The first-order valence-corrected chi connectivity index (χ1v) is 7.36. The Balaban J connectivity index is 2.06. The van der Waals surface area contributed by atoms with Crippen molar-refractivity contribution in [3.8, 4) is 5.75 Å². The van der Waals surface area contributed by atoms with Gasteiger partial charge in [0.2, 0.25) is 0 Å². The Bertz CT molecular complexity index is 709. The molecule has 0 atom stereocenters. The topological polar surface area (TPSA) is 79.4 Å². The van der Waals surface area contributed by atoms with Crippen molar-refractivity contribution < 1.29 is 9.53 Å². The minimum absolute atomic E-state index is 0.0895. The maximum Gasteiger partial charge on any atom is 0.291 e. The third-order valence-corrected chi connectivity index (χ3v) is 3.45. The number of methoxy groups -OCH3 is 1. The van der Waals surface area contributed by atoms with Crippen molar-refractivity contribution in [1.82, 2.24) is 15.6 Å². The molecule has 2 rings (SSSR count). The molecule has 23 heavy (non-hydrogen) atoms. The molecule has 1 amide bonds. The van der Waals surface area contributed by atoms with Crippen molar-refractivity contribution in [2.45, 2.75) is 33.1 Å². The molecule has 6 nitrogen and oxygen atoms in total. The van der Waals surface area contributed by atoms with Gasteiger partial charge in [-0.15, -0.1) is 0 Å². The number of carbonyl (C=O) groups is 1. The summed E-state index contributed by atoms with van der Waals surface area (Å²) in [6.45, 7) is 7.98. The van der Waals surface area contributed by atoms with Crippen LogP contribution in [0.4, 0.5) is 0 Å². The van der Waals surface area contributed by atoms with Crippen LogP contribution in [0.25, 0.3) is 0 Å². The highest BCUT2D eigenvalue weighted by Gasteiger charge is 2.19. The largest absolute Gasteiger partial charge is 0.497 e. The normalized spacial score (nSPS) is 12.1. The number of carbonyl (C=O) groups excluding carboxylic acids is 1. The highest BCUT2D eigenvalue weighted by molar-refractivity contribution is 6.00. The summed E-state index contributed by atoms with van der Waals surface area (Å²) < 4.78 is 5.11. The zero-order valence-corrected chi connectivity index (χ0v) is 14.1. The lowest BCUT2D eigenvalue weighted by molar-refractivity contribution is 0.0950. The maximum absolute atomic E-state index is 12.1. The van der Waals surface area contributed by atoms with Crippen molar-refractivity contribution in [2.75, 3.05) is 7.11 Å². The van der Waals surface area contributed by atoms with E-state index in [1.165, 1.54) is 0 Å². The molecule has 122 valence electrons. The van der Waals surface area contributed by atoms with E-state index in [1.54, 1.807) is 13.2 Å².